The first-order valence-corrected chi connectivity index (χ1v) is 5.38. The number of hydrogen-bond acceptors (Lipinski definition) is 4. The average molecular weight is 258 g/mol. The molecule has 0 spiro atoms. The van der Waals surface area contributed by atoms with Crippen LogP contribution in [0.5, 0.6) is 11.5 Å². The first-order chi connectivity index (χ1) is 9.06. The largest absolute Gasteiger partial charge is 0.457 e. The monoisotopic (exact) mass is 258 g/mol. The van der Waals surface area contributed by atoms with Crippen molar-refractivity contribution < 1.29 is 14.5 Å². The highest BCUT2D eigenvalue weighted by molar-refractivity contribution is 5.93. The van der Waals surface area contributed by atoms with Crippen molar-refractivity contribution in [3.8, 4) is 11.5 Å². The minimum absolute atomic E-state index is 0.0662. The molecule has 0 aliphatic rings. The summed E-state index contributed by atoms with van der Waals surface area (Å²) in [4.78, 5) is 21.2. The second kappa shape index (κ2) is 5.18. The molecule has 96 valence electrons. The van der Waals surface area contributed by atoms with E-state index in [4.69, 9.17) is 10.5 Å². The third-order valence-electron chi connectivity index (χ3n) is 2.38. The van der Waals surface area contributed by atoms with Gasteiger partial charge in [-0.05, 0) is 24.3 Å². The summed E-state index contributed by atoms with van der Waals surface area (Å²) in [6.45, 7) is 0. The van der Waals surface area contributed by atoms with Crippen LogP contribution in [0.2, 0.25) is 0 Å². The molecule has 0 aliphatic carbocycles. The predicted octanol–water partition coefficient (Wildman–Crippen LogP) is 2.49. The first-order valence-electron chi connectivity index (χ1n) is 5.38. The summed E-state index contributed by atoms with van der Waals surface area (Å²) in [5.41, 5.74) is 5.40. The van der Waals surface area contributed by atoms with E-state index in [0.717, 1.165) is 0 Å². The van der Waals surface area contributed by atoms with Gasteiger partial charge in [0, 0.05) is 11.6 Å². The van der Waals surface area contributed by atoms with Crippen molar-refractivity contribution in [1.29, 1.82) is 0 Å². The Bertz CT molecular complexity index is 585. The Balaban J connectivity index is 2.26. The van der Waals surface area contributed by atoms with Crippen molar-refractivity contribution in [1.82, 2.24) is 0 Å². The molecule has 19 heavy (non-hydrogen) atoms. The van der Waals surface area contributed by atoms with Crippen LogP contribution in [0.1, 0.15) is 10.4 Å². The number of carbonyl (C=O) groups is 1. The molecule has 0 heterocycles. The lowest BCUT2D eigenvalue weighted by atomic mass is 10.2. The molecule has 2 N–H and O–H groups in total. The molecule has 0 saturated heterocycles. The molecule has 0 fully saturated rings. The highest BCUT2D eigenvalue weighted by Crippen LogP contribution is 2.25. The Morgan fingerprint density at radius 2 is 1.74 bits per heavy atom. The number of primary amides is 1. The maximum Gasteiger partial charge on any atom is 0.273 e. The Labute approximate surface area is 108 Å². The zero-order valence-electron chi connectivity index (χ0n) is 9.78. The van der Waals surface area contributed by atoms with Crippen LogP contribution in [0.4, 0.5) is 5.69 Å². The normalized spacial score (nSPS) is 9.89. The van der Waals surface area contributed by atoms with Gasteiger partial charge in [0.05, 0.1) is 11.0 Å². The van der Waals surface area contributed by atoms with Crippen LogP contribution in [-0.2, 0) is 0 Å². The molecule has 1 amide bonds. The van der Waals surface area contributed by atoms with E-state index in [0.29, 0.717) is 17.1 Å². The molecule has 2 rings (SSSR count). The van der Waals surface area contributed by atoms with Crippen molar-refractivity contribution in [2.75, 3.05) is 0 Å². The van der Waals surface area contributed by atoms with Gasteiger partial charge in [0.1, 0.15) is 11.5 Å². The third-order valence-corrected chi connectivity index (χ3v) is 2.38. The third kappa shape index (κ3) is 3.06. The number of carbonyl (C=O) groups excluding carboxylic acids is 1. The number of benzene rings is 2. The van der Waals surface area contributed by atoms with Crippen molar-refractivity contribution in [2.24, 2.45) is 5.73 Å². The summed E-state index contributed by atoms with van der Waals surface area (Å²) in [6, 6.07) is 12.1. The number of nitrogens with two attached hydrogens (primary N) is 1. The van der Waals surface area contributed by atoms with Crippen molar-refractivity contribution in [3.63, 3.8) is 0 Å². The average Bonchev–Trinajstić information content (AvgIpc) is 2.39. The molecule has 0 saturated carbocycles. The zero-order valence-corrected chi connectivity index (χ0v) is 9.78. The Morgan fingerprint density at radius 3 is 2.37 bits per heavy atom. The highest BCUT2D eigenvalue weighted by atomic mass is 16.6. The van der Waals surface area contributed by atoms with Gasteiger partial charge in [-0.25, -0.2) is 0 Å². The first kappa shape index (κ1) is 12.6. The molecule has 6 heteroatoms. The molecule has 2 aromatic carbocycles. The minimum atomic E-state index is -0.565. The summed E-state index contributed by atoms with van der Waals surface area (Å²) < 4.78 is 5.45. The molecule has 0 unspecified atom stereocenters. The fraction of sp³-hybridized carbons (Fsp3) is 0. The van der Waals surface area contributed by atoms with Gasteiger partial charge in [-0.15, -0.1) is 0 Å². The number of non-ortho nitro benzene ring substituents is 1. The van der Waals surface area contributed by atoms with Crippen LogP contribution < -0.4 is 10.5 Å². The maximum absolute atomic E-state index is 11.0. The second-order valence-corrected chi connectivity index (χ2v) is 3.75. The van der Waals surface area contributed by atoms with E-state index in [1.54, 1.807) is 24.3 Å². The number of ether oxygens (including phenoxy) is 1. The Hall–Kier alpha value is -2.89. The fourth-order valence-electron chi connectivity index (χ4n) is 1.51. The lowest BCUT2D eigenvalue weighted by Crippen LogP contribution is -2.10. The van der Waals surface area contributed by atoms with Gasteiger partial charge in [-0.1, -0.05) is 12.1 Å². The quantitative estimate of drug-likeness (QED) is 0.673. The maximum atomic E-state index is 11.0. The second-order valence-electron chi connectivity index (χ2n) is 3.75. The number of rotatable bonds is 4. The lowest BCUT2D eigenvalue weighted by Gasteiger charge is -2.06. The summed E-state index contributed by atoms with van der Waals surface area (Å²) in [6.07, 6.45) is 0. The van der Waals surface area contributed by atoms with Gasteiger partial charge >= 0.3 is 0 Å². The van der Waals surface area contributed by atoms with E-state index in [-0.39, 0.29) is 5.69 Å². The SMILES string of the molecule is NC(=O)c1cccc(Oc2cccc([N+](=O)[O-])c2)c1. The Morgan fingerprint density at radius 1 is 1.11 bits per heavy atom. The van der Waals surface area contributed by atoms with Gasteiger partial charge < -0.3 is 10.5 Å². The van der Waals surface area contributed by atoms with E-state index >= 15 is 0 Å². The number of hydrogen-bond donors (Lipinski definition) is 1. The van der Waals surface area contributed by atoms with Crippen LogP contribution >= 0.6 is 0 Å². The predicted molar refractivity (Wildman–Crippen MR) is 68.1 cm³/mol. The van der Waals surface area contributed by atoms with E-state index in [1.165, 1.54) is 24.3 Å². The summed E-state index contributed by atoms with van der Waals surface area (Å²) in [5, 5.41) is 10.6. The molecule has 0 aromatic heterocycles. The highest BCUT2D eigenvalue weighted by Gasteiger charge is 2.08. The van der Waals surface area contributed by atoms with Gasteiger partial charge in [-0.3, -0.25) is 14.9 Å². The van der Waals surface area contributed by atoms with E-state index in [2.05, 4.69) is 0 Å². The van der Waals surface area contributed by atoms with Crippen LogP contribution in [0.25, 0.3) is 0 Å². The van der Waals surface area contributed by atoms with Gasteiger partial charge in [0.25, 0.3) is 5.69 Å². The Kier molecular flexibility index (Phi) is 3.42. The molecule has 6 nitrogen and oxygen atoms in total. The number of nitro benzene ring substituents is 1. The van der Waals surface area contributed by atoms with Crippen LogP contribution in [0.3, 0.4) is 0 Å². The van der Waals surface area contributed by atoms with E-state index in [9.17, 15) is 14.9 Å². The number of amides is 1. The molecule has 0 bridgehead atoms. The van der Waals surface area contributed by atoms with Crippen LogP contribution in [-0.4, -0.2) is 10.8 Å². The van der Waals surface area contributed by atoms with E-state index < -0.39 is 10.8 Å². The molecule has 0 aliphatic heterocycles. The van der Waals surface area contributed by atoms with Crippen molar-refractivity contribution in [2.45, 2.75) is 0 Å². The smallest absolute Gasteiger partial charge is 0.273 e. The molecular formula is C13H10N2O4. The van der Waals surface area contributed by atoms with Crippen molar-refractivity contribution in [3.05, 3.63) is 64.2 Å². The number of nitro groups is 1. The molecular weight excluding hydrogens is 248 g/mol. The molecule has 0 atom stereocenters. The van der Waals surface area contributed by atoms with Crippen molar-refractivity contribution >= 4 is 11.6 Å². The fourth-order valence-corrected chi connectivity index (χ4v) is 1.51. The van der Waals surface area contributed by atoms with E-state index in [1.807, 2.05) is 0 Å². The summed E-state index contributed by atoms with van der Waals surface area (Å²) >= 11 is 0. The molecule has 0 radical (unpaired) electrons. The summed E-state index contributed by atoms with van der Waals surface area (Å²) in [7, 11) is 0. The summed E-state index contributed by atoms with van der Waals surface area (Å²) in [5.74, 6) is 0.136. The standard InChI is InChI=1S/C13H10N2O4/c14-13(16)9-3-1-5-11(7-9)19-12-6-2-4-10(8-12)15(17)18/h1-8H,(H2,14,16). The lowest BCUT2D eigenvalue weighted by molar-refractivity contribution is -0.384. The van der Waals surface area contributed by atoms with Crippen LogP contribution in [0, 0.1) is 10.1 Å². The number of nitrogens with zero attached hydrogens (tertiary/aromatic N) is 1. The topological polar surface area (TPSA) is 95.5 Å². The van der Waals surface area contributed by atoms with Crippen LogP contribution in [0.15, 0.2) is 48.5 Å². The van der Waals surface area contributed by atoms with Gasteiger partial charge in [0.15, 0.2) is 0 Å². The van der Waals surface area contributed by atoms with Gasteiger partial charge in [-0.2, -0.15) is 0 Å². The molecule has 2 aromatic rings. The van der Waals surface area contributed by atoms with Gasteiger partial charge in [0.2, 0.25) is 5.91 Å². The minimum Gasteiger partial charge on any atom is -0.457 e. The zero-order chi connectivity index (χ0) is 13.8.